The second-order valence-electron chi connectivity index (χ2n) is 8.55. The number of rotatable bonds is 4. The summed E-state index contributed by atoms with van der Waals surface area (Å²) in [6.45, 7) is 7.47. The van der Waals surface area contributed by atoms with Crippen molar-refractivity contribution in [2.45, 2.75) is 0 Å². The molecule has 0 atom stereocenters. The summed E-state index contributed by atoms with van der Waals surface area (Å²) in [5.74, 6) is 0.401. The van der Waals surface area contributed by atoms with E-state index in [1.165, 1.54) is 12.2 Å². The minimum atomic E-state index is -0.133. The van der Waals surface area contributed by atoms with Gasteiger partial charge in [0.25, 0.3) is 0 Å². The van der Waals surface area contributed by atoms with Crippen molar-refractivity contribution in [3.63, 3.8) is 0 Å². The maximum absolute atomic E-state index is 12.9. The zero-order valence-corrected chi connectivity index (χ0v) is 19.3. The number of benzene rings is 4. The molecule has 4 nitrogen and oxygen atoms in total. The molecule has 0 bridgehead atoms. The first-order chi connectivity index (χ1) is 17.6. The maximum Gasteiger partial charge on any atom is 0.200 e. The van der Waals surface area contributed by atoms with Crippen molar-refractivity contribution in [1.82, 2.24) is 0 Å². The Labute approximate surface area is 206 Å². The minimum Gasteiger partial charge on any atom is -0.456 e. The average molecular weight is 469 g/mol. The van der Waals surface area contributed by atoms with E-state index >= 15 is 0 Å². The van der Waals surface area contributed by atoms with Gasteiger partial charge in [-0.25, -0.2) is 0 Å². The van der Waals surface area contributed by atoms with Crippen LogP contribution in [0.4, 0.5) is 0 Å². The van der Waals surface area contributed by atoms with E-state index in [9.17, 15) is 9.59 Å². The van der Waals surface area contributed by atoms with Crippen LogP contribution in [-0.4, -0.2) is 0 Å². The minimum absolute atomic E-state index is 0.0386. The van der Waals surface area contributed by atoms with Crippen LogP contribution < -0.4 is 10.9 Å². The van der Waals surface area contributed by atoms with Gasteiger partial charge in [0.05, 0.1) is 21.7 Å². The highest BCUT2D eigenvalue weighted by molar-refractivity contribution is 5.92. The second-order valence-corrected chi connectivity index (χ2v) is 8.55. The molecule has 172 valence electrons. The fraction of sp³-hybridized carbons (Fsp3) is 0. The van der Waals surface area contributed by atoms with Gasteiger partial charge in [-0.05, 0) is 70.8 Å². The molecular weight excluding hydrogens is 448 g/mol. The van der Waals surface area contributed by atoms with E-state index in [0.29, 0.717) is 44.2 Å². The molecule has 0 aliphatic carbocycles. The molecule has 0 saturated heterocycles. The Morgan fingerprint density at radius 2 is 1.11 bits per heavy atom. The quantitative estimate of drug-likeness (QED) is 0.249. The van der Waals surface area contributed by atoms with Crippen LogP contribution in [0.3, 0.4) is 0 Å². The van der Waals surface area contributed by atoms with Crippen molar-refractivity contribution in [3.05, 3.63) is 130 Å². The Kier molecular flexibility index (Phi) is 5.01. The summed E-state index contributed by atoms with van der Waals surface area (Å²) in [6.07, 6.45) is 3.01. The molecule has 6 aromatic rings. The molecule has 2 heterocycles. The highest BCUT2D eigenvalue weighted by atomic mass is 16.3. The summed E-state index contributed by atoms with van der Waals surface area (Å²) in [7, 11) is 0. The Bertz CT molecular complexity index is 1970. The number of fused-ring (bicyclic) bond motifs is 3. The molecule has 0 spiro atoms. The van der Waals surface area contributed by atoms with Gasteiger partial charge in [0.2, 0.25) is 10.9 Å². The highest BCUT2D eigenvalue weighted by Gasteiger charge is 2.12. The van der Waals surface area contributed by atoms with E-state index in [-0.39, 0.29) is 10.9 Å². The SMILES string of the molecule is C=Cc1oc2cc(-c3cccc(-c4ccc5c(=O)c6ccccc6oc5c4)c3)ccc2c(=O)c1C=C. The van der Waals surface area contributed by atoms with Crippen LogP contribution in [0.1, 0.15) is 11.3 Å². The molecule has 36 heavy (non-hydrogen) atoms. The van der Waals surface area contributed by atoms with E-state index in [2.05, 4.69) is 19.2 Å². The van der Waals surface area contributed by atoms with Crippen molar-refractivity contribution in [1.29, 1.82) is 0 Å². The Balaban J connectivity index is 1.47. The predicted octanol–water partition coefficient (Wildman–Crippen LogP) is 7.67. The number of hydrogen-bond acceptors (Lipinski definition) is 4. The van der Waals surface area contributed by atoms with E-state index < -0.39 is 0 Å². The van der Waals surface area contributed by atoms with E-state index in [4.69, 9.17) is 8.83 Å². The van der Waals surface area contributed by atoms with E-state index in [0.717, 1.165) is 22.3 Å². The fourth-order valence-corrected chi connectivity index (χ4v) is 4.61. The molecule has 4 heteroatoms. The third-order valence-electron chi connectivity index (χ3n) is 6.45. The van der Waals surface area contributed by atoms with Crippen molar-refractivity contribution in [2.24, 2.45) is 0 Å². The van der Waals surface area contributed by atoms with Gasteiger partial charge in [-0.1, -0.05) is 61.7 Å². The largest absolute Gasteiger partial charge is 0.456 e. The third-order valence-corrected chi connectivity index (χ3v) is 6.45. The van der Waals surface area contributed by atoms with Gasteiger partial charge in [-0.15, -0.1) is 0 Å². The lowest BCUT2D eigenvalue weighted by Crippen LogP contribution is -2.07. The van der Waals surface area contributed by atoms with Gasteiger partial charge in [-0.2, -0.15) is 0 Å². The van der Waals surface area contributed by atoms with Crippen LogP contribution in [0, 0.1) is 0 Å². The molecular formula is C32H20O4. The summed E-state index contributed by atoms with van der Waals surface area (Å²) in [4.78, 5) is 25.7. The number of hydrogen-bond donors (Lipinski definition) is 0. The molecule has 0 saturated carbocycles. The molecule has 0 radical (unpaired) electrons. The standard InChI is InChI=1S/C32H20O4/c1-3-23-27(4-2)35-29-17-21(12-14-25(29)31(23)33)19-8-7-9-20(16-19)22-13-15-26-30(18-22)36-28-11-6-5-10-24(28)32(26)34/h3-18H,1-2H2. The smallest absolute Gasteiger partial charge is 0.200 e. The first kappa shape index (κ1) is 21.6. The van der Waals surface area contributed by atoms with Crippen molar-refractivity contribution in [2.75, 3.05) is 0 Å². The van der Waals surface area contributed by atoms with Gasteiger partial charge < -0.3 is 8.83 Å². The van der Waals surface area contributed by atoms with Gasteiger partial charge >= 0.3 is 0 Å². The first-order valence-corrected chi connectivity index (χ1v) is 11.5. The first-order valence-electron chi connectivity index (χ1n) is 11.5. The molecule has 0 N–H and O–H groups in total. The Morgan fingerprint density at radius 3 is 1.78 bits per heavy atom. The van der Waals surface area contributed by atoms with Gasteiger partial charge in [0.1, 0.15) is 22.5 Å². The van der Waals surface area contributed by atoms with E-state index in [1.54, 1.807) is 18.2 Å². The van der Waals surface area contributed by atoms with Crippen LogP contribution in [-0.2, 0) is 0 Å². The molecule has 6 rings (SSSR count). The van der Waals surface area contributed by atoms with Crippen LogP contribution in [0.25, 0.3) is 67.3 Å². The van der Waals surface area contributed by atoms with Crippen LogP contribution in [0.2, 0.25) is 0 Å². The predicted molar refractivity (Wildman–Crippen MR) is 147 cm³/mol. The topological polar surface area (TPSA) is 60.4 Å². The molecule has 0 aliphatic rings. The number of para-hydroxylation sites is 1. The molecule has 4 aromatic carbocycles. The fourth-order valence-electron chi connectivity index (χ4n) is 4.61. The van der Waals surface area contributed by atoms with Gasteiger partial charge in [0, 0.05) is 0 Å². The van der Waals surface area contributed by atoms with Crippen LogP contribution >= 0.6 is 0 Å². The molecule has 0 unspecified atom stereocenters. The summed E-state index contributed by atoms with van der Waals surface area (Å²) >= 11 is 0. The van der Waals surface area contributed by atoms with Crippen LogP contribution in [0.5, 0.6) is 0 Å². The molecule has 0 fully saturated rings. The van der Waals surface area contributed by atoms with Crippen molar-refractivity contribution < 1.29 is 8.83 Å². The lowest BCUT2D eigenvalue weighted by atomic mass is 9.97. The molecule has 2 aromatic heterocycles. The molecule has 0 amide bonds. The van der Waals surface area contributed by atoms with Gasteiger partial charge in [0.15, 0.2) is 0 Å². The third kappa shape index (κ3) is 3.39. The summed E-state index contributed by atoms with van der Waals surface area (Å²) < 4.78 is 12.0. The highest BCUT2D eigenvalue weighted by Crippen LogP contribution is 2.31. The van der Waals surface area contributed by atoms with Crippen molar-refractivity contribution >= 4 is 45.1 Å². The van der Waals surface area contributed by atoms with Gasteiger partial charge in [-0.3, -0.25) is 9.59 Å². The van der Waals surface area contributed by atoms with Crippen LogP contribution in [0.15, 0.2) is 117 Å². The summed E-state index contributed by atoms with van der Waals surface area (Å²) in [6, 6.07) is 26.5. The zero-order valence-electron chi connectivity index (χ0n) is 19.3. The normalized spacial score (nSPS) is 11.2. The second kappa shape index (κ2) is 8.36. The maximum atomic E-state index is 12.9. The van der Waals surface area contributed by atoms with Crippen molar-refractivity contribution in [3.8, 4) is 22.3 Å². The Morgan fingerprint density at radius 1 is 0.528 bits per heavy atom. The zero-order chi connectivity index (χ0) is 24.8. The Hall–Kier alpha value is -4.96. The summed E-state index contributed by atoms with van der Waals surface area (Å²) in [5.41, 5.74) is 5.61. The average Bonchev–Trinajstić information content (AvgIpc) is 2.92. The lowest BCUT2D eigenvalue weighted by molar-refractivity contribution is 0.589. The monoisotopic (exact) mass is 468 g/mol. The molecule has 0 aliphatic heterocycles. The summed E-state index contributed by atoms with van der Waals surface area (Å²) in [5, 5.41) is 1.62. The lowest BCUT2D eigenvalue weighted by Gasteiger charge is -2.09. The van der Waals surface area contributed by atoms with E-state index in [1.807, 2.05) is 60.7 Å².